The maximum absolute atomic E-state index is 10.7. The van der Waals surface area contributed by atoms with Crippen molar-refractivity contribution in [3.05, 3.63) is 5.82 Å². The predicted molar refractivity (Wildman–Crippen MR) is 72.4 cm³/mol. The maximum Gasteiger partial charge on any atom is 0.313 e. The van der Waals surface area contributed by atoms with Gasteiger partial charge in [0.15, 0.2) is 5.16 Å². The van der Waals surface area contributed by atoms with E-state index >= 15 is 0 Å². The zero-order valence-electron chi connectivity index (χ0n) is 11.1. The molecule has 2 unspecified atom stereocenters. The third-order valence-corrected chi connectivity index (χ3v) is 4.76. The van der Waals surface area contributed by atoms with Crippen LogP contribution in [0.4, 0.5) is 0 Å². The molecule has 2 saturated carbocycles. The van der Waals surface area contributed by atoms with E-state index in [-0.39, 0.29) is 5.75 Å². The average molecular weight is 281 g/mol. The first kappa shape index (κ1) is 13.0. The molecule has 1 aromatic heterocycles. The van der Waals surface area contributed by atoms with Gasteiger partial charge in [-0.25, -0.2) is 0 Å². The number of thioether (sulfide) groups is 1. The molecule has 1 N–H and O–H groups in total. The highest BCUT2D eigenvalue weighted by molar-refractivity contribution is 7.99. The Hall–Kier alpha value is -1.04. The summed E-state index contributed by atoms with van der Waals surface area (Å²) in [5.74, 6) is 1.66. The van der Waals surface area contributed by atoms with Gasteiger partial charge in [0, 0.05) is 12.0 Å². The monoisotopic (exact) mass is 281 g/mol. The Bertz CT molecular complexity index is 484. The van der Waals surface area contributed by atoms with E-state index in [0.29, 0.717) is 12.0 Å². The van der Waals surface area contributed by atoms with Crippen molar-refractivity contribution in [2.45, 2.75) is 56.1 Å². The summed E-state index contributed by atoms with van der Waals surface area (Å²) in [5, 5.41) is 18.1. The molecule has 0 saturated heterocycles. The molecule has 2 atom stereocenters. The molecule has 104 valence electrons. The Morgan fingerprint density at radius 3 is 2.89 bits per heavy atom. The first-order chi connectivity index (χ1) is 9.20. The number of rotatable bonds is 7. The molecule has 6 heteroatoms. The Labute approximate surface area is 116 Å². The van der Waals surface area contributed by atoms with Crippen LogP contribution in [0.3, 0.4) is 0 Å². The van der Waals surface area contributed by atoms with Gasteiger partial charge in [-0.3, -0.25) is 4.79 Å². The van der Waals surface area contributed by atoms with Gasteiger partial charge < -0.3 is 9.67 Å². The van der Waals surface area contributed by atoms with Crippen LogP contribution in [0.2, 0.25) is 0 Å². The summed E-state index contributed by atoms with van der Waals surface area (Å²) in [7, 11) is 0. The van der Waals surface area contributed by atoms with E-state index < -0.39 is 5.97 Å². The summed E-state index contributed by atoms with van der Waals surface area (Å²) >= 11 is 1.30. The summed E-state index contributed by atoms with van der Waals surface area (Å²) in [5.41, 5.74) is 0. The molecule has 0 amide bonds. The maximum atomic E-state index is 10.7. The molecular formula is C13H19N3O2S. The van der Waals surface area contributed by atoms with E-state index in [1.807, 2.05) is 0 Å². The second-order valence-corrected chi connectivity index (χ2v) is 6.46. The van der Waals surface area contributed by atoms with Crippen LogP contribution in [0.1, 0.15) is 56.8 Å². The normalized spacial score (nSPS) is 25.5. The van der Waals surface area contributed by atoms with Gasteiger partial charge in [-0.15, -0.1) is 10.2 Å². The number of hydrogen-bond donors (Lipinski definition) is 1. The first-order valence-corrected chi connectivity index (χ1v) is 7.98. The fourth-order valence-corrected chi connectivity index (χ4v) is 3.39. The second-order valence-electron chi connectivity index (χ2n) is 5.52. The standard InChI is InChI=1S/C13H19N3O2S/c1-2-3-9-6-10(9)16-12(8-4-5-8)14-15-13(16)19-7-11(17)18/h8-10H,2-7H2,1H3,(H,17,18). The number of hydrogen-bond acceptors (Lipinski definition) is 4. The van der Waals surface area contributed by atoms with E-state index in [1.54, 1.807) is 0 Å². The van der Waals surface area contributed by atoms with Gasteiger partial charge >= 0.3 is 5.97 Å². The zero-order valence-corrected chi connectivity index (χ0v) is 11.9. The van der Waals surface area contributed by atoms with Crippen LogP contribution >= 0.6 is 11.8 Å². The van der Waals surface area contributed by atoms with E-state index in [9.17, 15) is 4.79 Å². The van der Waals surface area contributed by atoms with Gasteiger partial charge in [-0.2, -0.15) is 0 Å². The molecule has 19 heavy (non-hydrogen) atoms. The van der Waals surface area contributed by atoms with Crippen LogP contribution in [-0.4, -0.2) is 31.6 Å². The van der Waals surface area contributed by atoms with E-state index in [4.69, 9.17) is 5.11 Å². The number of carboxylic acids is 1. The Morgan fingerprint density at radius 2 is 2.26 bits per heavy atom. The molecule has 2 fully saturated rings. The highest BCUT2D eigenvalue weighted by atomic mass is 32.2. The Balaban J connectivity index is 1.78. The summed E-state index contributed by atoms with van der Waals surface area (Å²) < 4.78 is 2.24. The summed E-state index contributed by atoms with van der Waals surface area (Å²) in [6, 6.07) is 0.516. The lowest BCUT2D eigenvalue weighted by Crippen LogP contribution is -2.06. The van der Waals surface area contributed by atoms with Crippen LogP contribution in [0.15, 0.2) is 5.16 Å². The van der Waals surface area contributed by atoms with Crippen LogP contribution in [0.5, 0.6) is 0 Å². The smallest absolute Gasteiger partial charge is 0.313 e. The fourth-order valence-electron chi connectivity index (χ4n) is 2.67. The molecule has 2 aliphatic carbocycles. The third kappa shape index (κ3) is 2.78. The van der Waals surface area contributed by atoms with Crippen molar-refractivity contribution in [2.75, 3.05) is 5.75 Å². The topological polar surface area (TPSA) is 68.0 Å². The lowest BCUT2D eigenvalue weighted by Gasteiger charge is -2.08. The fraction of sp³-hybridized carbons (Fsp3) is 0.769. The third-order valence-electron chi connectivity index (χ3n) is 3.83. The number of nitrogens with zero attached hydrogens (tertiary/aromatic N) is 3. The first-order valence-electron chi connectivity index (χ1n) is 7.00. The van der Waals surface area contributed by atoms with Crippen molar-refractivity contribution in [1.82, 2.24) is 14.8 Å². The van der Waals surface area contributed by atoms with Crippen molar-refractivity contribution >= 4 is 17.7 Å². The summed E-state index contributed by atoms with van der Waals surface area (Å²) in [6.07, 6.45) is 6.06. The molecule has 1 heterocycles. The SMILES string of the molecule is CCCC1CC1n1c(SCC(=O)O)nnc1C1CC1. The van der Waals surface area contributed by atoms with Crippen molar-refractivity contribution in [1.29, 1.82) is 0 Å². The predicted octanol–water partition coefficient (Wildman–Crippen LogP) is 2.69. The average Bonchev–Trinajstić information content (AvgIpc) is 3.28. The Morgan fingerprint density at radius 1 is 1.47 bits per heavy atom. The molecule has 0 bridgehead atoms. The van der Waals surface area contributed by atoms with E-state index in [1.165, 1.54) is 43.9 Å². The second kappa shape index (κ2) is 5.15. The molecular weight excluding hydrogens is 262 g/mol. The van der Waals surface area contributed by atoms with Crippen molar-refractivity contribution in [3.63, 3.8) is 0 Å². The van der Waals surface area contributed by atoms with Gasteiger partial charge in [0.2, 0.25) is 0 Å². The quantitative estimate of drug-likeness (QED) is 0.778. The lowest BCUT2D eigenvalue weighted by atomic mass is 10.2. The van der Waals surface area contributed by atoms with Gasteiger partial charge in [0.25, 0.3) is 0 Å². The van der Waals surface area contributed by atoms with Crippen LogP contribution in [-0.2, 0) is 4.79 Å². The highest BCUT2D eigenvalue weighted by Crippen LogP contribution is 2.51. The van der Waals surface area contributed by atoms with Crippen LogP contribution < -0.4 is 0 Å². The minimum Gasteiger partial charge on any atom is -0.481 e. The molecule has 0 spiro atoms. The molecule has 5 nitrogen and oxygen atoms in total. The molecule has 0 aliphatic heterocycles. The highest BCUT2D eigenvalue weighted by Gasteiger charge is 2.43. The van der Waals surface area contributed by atoms with Gasteiger partial charge in [0.1, 0.15) is 5.82 Å². The molecule has 3 rings (SSSR count). The number of aliphatic carboxylic acids is 1. The molecule has 0 radical (unpaired) electrons. The van der Waals surface area contributed by atoms with Crippen molar-refractivity contribution in [3.8, 4) is 0 Å². The molecule has 2 aliphatic rings. The van der Waals surface area contributed by atoms with Crippen LogP contribution in [0.25, 0.3) is 0 Å². The van der Waals surface area contributed by atoms with Crippen molar-refractivity contribution < 1.29 is 9.90 Å². The number of aromatic nitrogens is 3. The van der Waals surface area contributed by atoms with Gasteiger partial charge in [0.05, 0.1) is 5.75 Å². The zero-order chi connectivity index (χ0) is 13.4. The summed E-state index contributed by atoms with van der Waals surface area (Å²) in [6.45, 7) is 2.21. The van der Waals surface area contributed by atoms with Gasteiger partial charge in [-0.05, 0) is 31.6 Å². The van der Waals surface area contributed by atoms with Crippen LogP contribution in [0, 0.1) is 5.92 Å². The minimum atomic E-state index is -0.798. The molecule has 1 aromatic rings. The van der Waals surface area contributed by atoms with E-state index in [0.717, 1.165) is 16.9 Å². The largest absolute Gasteiger partial charge is 0.481 e. The lowest BCUT2D eigenvalue weighted by molar-refractivity contribution is -0.133. The van der Waals surface area contributed by atoms with Gasteiger partial charge in [-0.1, -0.05) is 25.1 Å². The Kier molecular flexibility index (Phi) is 3.52. The number of carbonyl (C=O) groups is 1. The molecule has 0 aromatic carbocycles. The number of carboxylic acid groups (broad SMARTS) is 1. The van der Waals surface area contributed by atoms with E-state index in [2.05, 4.69) is 21.7 Å². The summed E-state index contributed by atoms with van der Waals surface area (Å²) in [4.78, 5) is 10.7. The van der Waals surface area contributed by atoms with Crippen molar-refractivity contribution in [2.24, 2.45) is 5.92 Å². The minimum absolute atomic E-state index is 0.0635.